The summed E-state index contributed by atoms with van der Waals surface area (Å²) in [5.74, 6) is -1.26. The van der Waals surface area contributed by atoms with E-state index in [4.69, 9.17) is 24.1 Å². The molecule has 0 atom stereocenters. The molecule has 0 saturated heterocycles. The van der Waals surface area contributed by atoms with Gasteiger partial charge in [0.15, 0.2) is 0 Å². The number of nitrogens with zero attached hydrogens (tertiary/aromatic N) is 2. The zero-order valence-electron chi connectivity index (χ0n) is 34.0. The molecule has 1 aromatic carbocycles. The zero-order chi connectivity index (χ0) is 41.5. The number of hydrogen-bond donors (Lipinski definition) is 4. The molecule has 3 aromatic rings. The molecule has 1 saturated carbocycles. The number of rotatable bonds is 28. The van der Waals surface area contributed by atoms with Gasteiger partial charge in [-0.05, 0) is 87.6 Å². The molecular weight excluding hydrogens is 767 g/mol. The summed E-state index contributed by atoms with van der Waals surface area (Å²) in [6.45, 7) is 8.42. The van der Waals surface area contributed by atoms with Crippen LogP contribution in [-0.4, -0.2) is 118 Å². The van der Waals surface area contributed by atoms with Gasteiger partial charge in [0.1, 0.15) is 12.2 Å². The van der Waals surface area contributed by atoms with Crippen molar-refractivity contribution < 1.29 is 48.0 Å². The maximum Gasteiger partial charge on any atom is 0.305 e. The van der Waals surface area contributed by atoms with E-state index in [1.807, 2.05) is 60.2 Å². The lowest BCUT2D eigenvalue weighted by atomic mass is 9.85. The molecule has 1 aliphatic rings. The Kier molecular flexibility index (Phi) is 20.7. The lowest BCUT2D eigenvalue weighted by molar-refractivity contribution is -0.138. The van der Waals surface area contributed by atoms with Gasteiger partial charge in [0.2, 0.25) is 17.7 Å². The lowest BCUT2D eigenvalue weighted by Crippen LogP contribution is -2.42. The quantitative estimate of drug-likeness (QED) is 0.0749. The second kappa shape index (κ2) is 25.9. The Morgan fingerprint density at radius 1 is 0.810 bits per heavy atom. The van der Waals surface area contributed by atoms with Gasteiger partial charge in [-0.25, -0.2) is 0 Å². The SMILES string of the molecule is CCN(C(=O)Cn1c(C(=O)NC2CCC(C(=O)NCCCCCC(=O)NCCOCCOCCOCCOCCC(=O)O)CC2)cc2sccc21)c1cccc(C)c1. The van der Waals surface area contributed by atoms with Crippen LogP contribution in [0.5, 0.6) is 0 Å². The van der Waals surface area contributed by atoms with E-state index < -0.39 is 5.97 Å². The van der Waals surface area contributed by atoms with Crippen LogP contribution in [0, 0.1) is 12.8 Å². The fourth-order valence-corrected chi connectivity index (χ4v) is 7.65. The fourth-order valence-electron chi connectivity index (χ4n) is 6.83. The topological polar surface area (TPSA) is 187 Å². The number of carboxylic acid groups (broad SMARTS) is 1. The molecule has 4 rings (SSSR count). The summed E-state index contributed by atoms with van der Waals surface area (Å²) in [6.07, 6.45) is 5.54. The molecule has 4 amide bonds. The van der Waals surface area contributed by atoms with Crippen LogP contribution in [-0.2, 0) is 44.7 Å². The van der Waals surface area contributed by atoms with E-state index in [-0.39, 0.29) is 55.2 Å². The van der Waals surface area contributed by atoms with E-state index in [0.717, 1.165) is 40.7 Å². The van der Waals surface area contributed by atoms with Gasteiger partial charge in [-0.1, -0.05) is 18.6 Å². The molecule has 0 radical (unpaired) electrons. The standard InChI is InChI=1S/C42H61N5O10S/c1-3-46(34-9-7-8-31(2)28-34)39(49)30-47-35-16-27-58-37(35)29-36(47)42(53)45-33-13-11-32(12-14-33)41(52)44-17-6-4-5-10-38(48)43-18-20-55-22-24-57-26-25-56-23-21-54-19-15-40(50)51/h7-9,16,27-29,32-33H,3-6,10-15,17-26,30H2,1-2H3,(H,43,48)(H,44,52)(H,45,53)(H,50,51). The van der Waals surface area contributed by atoms with Crippen molar-refractivity contribution in [2.24, 2.45) is 5.92 Å². The molecule has 2 aromatic heterocycles. The van der Waals surface area contributed by atoms with Gasteiger partial charge in [0, 0.05) is 43.7 Å². The number of carbonyl (C=O) groups is 5. The monoisotopic (exact) mass is 827 g/mol. The Morgan fingerprint density at radius 2 is 1.50 bits per heavy atom. The van der Waals surface area contributed by atoms with E-state index in [0.29, 0.717) is 104 Å². The Labute approximate surface area is 345 Å². The number of carbonyl (C=O) groups excluding carboxylic acids is 4. The Hall–Kier alpha value is -4.35. The van der Waals surface area contributed by atoms with Crippen LogP contribution in [0.25, 0.3) is 10.2 Å². The molecule has 320 valence electrons. The van der Waals surface area contributed by atoms with Gasteiger partial charge < -0.3 is 49.5 Å². The van der Waals surface area contributed by atoms with Crippen molar-refractivity contribution >= 4 is 56.8 Å². The van der Waals surface area contributed by atoms with Crippen molar-refractivity contribution in [1.29, 1.82) is 0 Å². The predicted octanol–water partition coefficient (Wildman–Crippen LogP) is 4.69. The molecule has 1 aliphatic carbocycles. The molecule has 0 unspecified atom stereocenters. The number of carboxylic acids is 1. The number of amides is 4. The summed E-state index contributed by atoms with van der Waals surface area (Å²) in [6, 6.07) is 11.6. The number of benzene rings is 1. The maximum atomic E-state index is 13.6. The summed E-state index contributed by atoms with van der Waals surface area (Å²) >= 11 is 1.54. The molecule has 0 aliphatic heterocycles. The zero-order valence-corrected chi connectivity index (χ0v) is 34.8. The van der Waals surface area contributed by atoms with Gasteiger partial charge in [-0.15, -0.1) is 11.3 Å². The van der Waals surface area contributed by atoms with E-state index >= 15 is 0 Å². The first-order chi connectivity index (χ1) is 28.2. The second-order valence-electron chi connectivity index (χ2n) is 14.3. The minimum atomic E-state index is -0.890. The summed E-state index contributed by atoms with van der Waals surface area (Å²) in [5.41, 5.74) is 3.24. The van der Waals surface area contributed by atoms with Crippen LogP contribution in [0.15, 0.2) is 41.8 Å². The van der Waals surface area contributed by atoms with Gasteiger partial charge >= 0.3 is 5.97 Å². The number of nitrogens with one attached hydrogen (secondary N) is 3. The van der Waals surface area contributed by atoms with Crippen molar-refractivity contribution in [2.45, 2.75) is 84.2 Å². The average Bonchev–Trinajstić information content (AvgIpc) is 3.81. The first-order valence-corrected chi connectivity index (χ1v) is 21.4. The molecule has 0 bridgehead atoms. The van der Waals surface area contributed by atoms with Gasteiger partial charge in [0.05, 0.1) is 69.5 Å². The van der Waals surface area contributed by atoms with Crippen molar-refractivity contribution in [3.05, 3.63) is 53.0 Å². The van der Waals surface area contributed by atoms with E-state index in [1.165, 1.54) is 0 Å². The molecule has 58 heavy (non-hydrogen) atoms. The maximum absolute atomic E-state index is 13.6. The number of fused-ring (bicyclic) bond motifs is 1. The first-order valence-electron chi connectivity index (χ1n) is 20.5. The van der Waals surface area contributed by atoms with E-state index in [2.05, 4.69) is 16.0 Å². The van der Waals surface area contributed by atoms with Crippen molar-refractivity contribution in [1.82, 2.24) is 20.5 Å². The molecule has 15 nitrogen and oxygen atoms in total. The van der Waals surface area contributed by atoms with Gasteiger partial charge in [0.25, 0.3) is 5.91 Å². The minimum Gasteiger partial charge on any atom is -0.481 e. The van der Waals surface area contributed by atoms with Gasteiger partial charge in [-0.2, -0.15) is 0 Å². The van der Waals surface area contributed by atoms with E-state index in [9.17, 15) is 24.0 Å². The number of thiophene rings is 1. The Morgan fingerprint density at radius 3 is 2.17 bits per heavy atom. The van der Waals surface area contributed by atoms with Crippen LogP contribution in [0.3, 0.4) is 0 Å². The fraction of sp³-hybridized carbons (Fsp3) is 0.595. The highest BCUT2D eigenvalue weighted by Crippen LogP contribution is 2.28. The summed E-state index contributed by atoms with van der Waals surface area (Å²) in [7, 11) is 0. The highest BCUT2D eigenvalue weighted by Gasteiger charge is 2.29. The first kappa shape index (κ1) is 46.3. The van der Waals surface area contributed by atoms with Crippen LogP contribution in [0.1, 0.15) is 80.8 Å². The largest absolute Gasteiger partial charge is 0.481 e. The summed E-state index contributed by atoms with van der Waals surface area (Å²) in [5, 5.41) is 19.6. The van der Waals surface area contributed by atoms with Crippen molar-refractivity contribution in [3.63, 3.8) is 0 Å². The number of aryl methyl sites for hydroxylation is 1. The third-order valence-corrected chi connectivity index (χ3v) is 10.8. The molecular formula is C42H61N5O10S. The minimum absolute atomic E-state index is 0.0228. The number of unbranched alkanes of at least 4 members (excludes halogenated alkanes) is 2. The average molecular weight is 828 g/mol. The number of hydrogen-bond acceptors (Lipinski definition) is 10. The molecule has 4 N–H and O–H groups in total. The summed E-state index contributed by atoms with van der Waals surface area (Å²) in [4.78, 5) is 64.3. The number of aliphatic carboxylic acids is 1. The third kappa shape index (κ3) is 16.1. The van der Waals surface area contributed by atoms with E-state index in [1.54, 1.807) is 16.2 Å². The molecule has 16 heteroatoms. The van der Waals surface area contributed by atoms with Crippen LogP contribution in [0.2, 0.25) is 0 Å². The number of aromatic nitrogens is 1. The molecule has 0 spiro atoms. The molecule has 2 heterocycles. The number of ether oxygens (including phenoxy) is 4. The van der Waals surface area contributed by atoms with Crippen LogP contribution < -0.4 is 20.9 Å². The highest BCUT2D eigenvalue weighted by atomic mass is 32.1. The van der Waals surface area contributed by atoms with Gasteiger partial charge in [-0.3, -0.25) is 24.0 Å². The molecule has 1 fully saturated rings. The second-order valence-corrected chi connectivity index (χ2v) is 15.3. The lowest BCUT2D eigenvalue weighted by Gasteiger charge is -2.28. The Balaban J connectivity index is 1.02. The number of likely N-dealkylation sites (N-methyl/N-ethyl adjacent to an activating group) is 1. The van der Waals surface area contributed by atoms with Crippen molar-refractivity contribution in [3.8, 4) is 0 Å². The van der Waals surface area contributed by atoms with Crippen LogP contribution in [0.4, 0.5) is 5.69 Å². The van der Waals surface area contributed by atoms with Crippen LogP contribution >= 0.6 is 11.3 Å². The van der Waals surface area contributed by atoms with Crippen molar-refractivity contribution in [2.75, 3.05) is 77.4 Å². The smallest absolute Gasteiger partial charge is 0.305 e. The normalized spacial score (nSPS) is 15.3. The third-order valence-electron chi connectivity index (χ3n) is 9.94. The highest BCUT2D eigenvalue weighted by molar-refractivity contribution is 7.17. The Bertz CT molecular complexity index is 1740. The summed E-state index contributed by atoms with van der Waals surface area (Å²) < 4.78 is 24.1. The number of anilines is 1. The predicted molar refractivity (Wildman–Crippen MR) is 222 cm³/mol.